The van der Waals surface area contributed by atoms with Crippen LogP contribution in [0.2, 0.25) is 0 Å². The van der Waals surface area contributed by atoms with Crippen LogP contribution in [0.4, 0.5) is 0 Å². The lowest BCUT2D eigenvalue weighted by molar-refractivity contribution is 0.254. The fourth-order valence-electron chi connectivity index (χ4n) is 2.98. The van der Waals surface area contributed by atoms with Gasteiger partial charge >= 0.3 is 0 Å². The Balaban J connectivity index is 0.00000280. The fraction of sp³-hybridized carbons (Fsp3) is 0.526. The molecule has 0 amide bonds. The minimum Gasteiger partial charge on any atom is -0.494 e. The van der Waals surface area contributed by atoms with Gasteiger partial charge in [0.25, 0.3) is 0 Å². The molecule has 0 fully saturated rings. The van der Waals surface area contributed by atoms with Crippen molar-refractivity contribution in [3.05, 3.63) is 35.0 Å². The summed E-state index contributed by atoms with van der Waals surface area (Å²) in [6.07, 6.45) is 1.11. The van der Waals surface area contributed by atoms with E-state index in [9.17, 15) is 0 Å². The average Bonchev–Trinajstić information content (AvgIpc) is 3.21. The van der Waals surface area contributed by atoms with Crippen molar-refractivity contribution < 1.29 is 14.0 Å². The molecule has 2 heterocycles. The molecule has 3 rings (SSSR count). The molecule has 0 aliphatic carbocycles. The number of hydrogen-bond acceptors (Lipinski definition) is 6. The van der Waals surface area contributed by atoms with Gasteiger partial charge in [-0.2, -0.15) is 4.98 Å². The average molecular weight is 501 g/mol. The molecule has 0 saturated heterocycles. The fourth-order valence-corrected chi connectivity index (χ4v) is 2.98. The molecule has 2 N–H and O–H groups in total. The third kappa shape index (κ3) is 5.73. The van der Waals surface area contributed by atoms with Crippen LogP contribution < -0.4 is 20.1 Å². The lowest BCUT2D eigenvalue weighted by atomic mass is 10.1. The maximum absolute atomic E-state index is 5.88. The molecule has 0 bridgehead atoms. The molecule has 9 heteroatoms. The van der Waals surface area contributed by atoms with Gasteiger partial charge in [-0.05, 0) is 32.9 Å². The van der Waals surface area contributed by atoms with E-state index in [1.807, 2.05) is 19.9 Å². The summed E-state index contributed by atoms with van der Waals surface area (Å²) in [5, 5.41) is 10.3. The van der Waals surface area contributed by atoms with Crippen molar-refractivity contribution in [3.8, 4) is 11.5 Å². The van der Waals surface area contributed by atoms with Gasteiger partial charge in [-0.1, -0.05) is 5.16 Å². The Morgan fingerprint density at radius 3 is 2.82 bits per heavy atom. The third-order valence-corrected chi connectivity index (χ3v) is 4.11. The lowest BCUT2D eigenvalue weighted by Crippen LogP contribution is -2.37. The molecule has 0 radical (unpaired) electrons. The second-order valence-corrected chi connectivity index (χ2v) is 6.41. The van der Waals surface area contributed by atoms with E-state index in [1.165, 1.54) is 5.56 Å². The zero-order valence-electron chi connectivity index (χ0n) is 16.7. The Morgan fingerprint density at radius 2 is 2.14 bits per heavy atom. The van der Waals surface area contributed by atoms with Crippen LogP contribution in [0, 0.1) is 6.92 Å². The van der Waals surface area contributed by atoms with Crippen LogP contribution in [0.15, 0.2) is 21.6 Å². The molecule has 28 heavy (non-hydrogen) atoms. The van der Waals surface area contributed by atoms with Gasteiger partial charge < -0.3 is 24.6 Å². The second kappa shape index (κ2) is 10.5. The van der Waals surface area contributed by atoms with Crippen LogP contribution in [-0.2, 0) is 19.5 Å². The first-order valence-electron chi connectivity index (χ1n) is 9.35. The van der Waals surface area contributed by atoms with Crippen molar-refractivity contribution in [1.29, 1.82) is 0 Å². The first-order chi connectivity index (χ1) is 13.1. The zero-order valence-corrected chi connectivity index (χ0v) is 19.1. The number of benzene rings is 1. The number of nitrogens with zero attached hydrogens (tertiary/aromatic N) is 3. The van der Waals surface area contributed by atoms with Crippen molar-refractivity contribution in [2.45, 2.75) is 53.3 Å². The number of ether oxygens (including phenoxy) is 2. The van der Waals surface area contributed by atoms with E-state index in [1.54, 1.807) is 6.92 Å². The Bertz CT molecular complexity index is 809. The Labute approximate surface area is 182 Å². The van der Waals surface area contributed by atoms with E-state index >= 15 is 0 Å². The highest BCUT2D eigenvalue weighted by Crippen LogP contribution is 2.35. The number of aryl methyl sites for hydroxylation is 1. The highest BCUT2D eigenvalue weighted by Gasteiger charge is 2.21. The summed E-state index contributed by atoms with van der Waals surface area (Å²) >= 11 is 0. The van der Waals surface area contributed by atoms with Gasteiger partial charge in [-0.15, -0.1) is 24.0 Å². The third-order valence-electron chi connectivity index (χ3n) is 4.11. The molecule has 1 atom stereocenters. The molecule has 0 saturated carbocycles. The summed E-state index contributed by atoms with van der Waals surface area (Å²) < 4.78 is 16.7. The van der Waals surface area contributed by atoms with Gasteiger partial charge in [0.05, 0.1) is 19.7 Å². The standard InChI is InChI=1S/C19H27N5O3.HI/c1-5-20-19(22-11-18-23-13(4)27-24-18)21-10-15-9-17-14(7-12(3)26-17)8-16(15)25-6-2;/h8-9,12H,5-7,10-11H2,1-4H3,(H2,20,21,22);1H. The van der Waals surface area contributed by atoms with Crippen LogP contribution in [0.25, 0.3) is 0 Å². The monoisotopic (exact) mass is 501 g/mol. The number of aliphatic imine (C=N–C) groups is 1. The van der Waals surface area contributed by atoms with E-state index in [0.29, 0.717) is 37.4 Å². The van der Waals surface area contributed by atoms with Crippen LogP contribution in [0.3, 0.4) is 0 Å². The molecule has 1 unspecified atom stereocenters. The summed E-state index contributed by atoms with van der Waals surface area (Å²) in [6.45, 7) is 10.1. The zero-order chi connectivity index (χ0) is 19.2. The van der Waals surface area contributed by atoms with Crippen LogP contribution in [0.5, 0.6) is 11.5 Å². The summed E-state index contributed by atoms with van der Waals surface area (Å²) in [7, 11) is 0. The molecule has 0 spiro atoms. The van der Waals surface area contributed by atoms with Gasteiger partial charge in [0, 0.05) is 31.0 Å². The normalized spacial score (nSPS) is 15.4. The van der Waals surface area contributed by atoms with E-state index < -0.39 is 0 Å². The molecule has 8 nitrogen and oxygen atoms in total. The lowest BCUT2D eigenvalue weighted by Gasteiger charge is -2.13. The topological polar surface area (TPSA) is 93.8 Å². The molecule has 1 aliphatic heterocycles. The van der Waals surface area contributed by atoms with Gasteiger partial charge in [-0.3, -0.25) is 0 Å². The second-order valence-electron chi connectivity index (χ2n) is 6.41. The van der Waals surface area contributed by atoms with E-state index in [2.05, 4.69) is 38.8 Å². The van der Waals surface area contributed by atoms with Crippen LogP contribution in [-0.4, -0.2) is 35.4 Å². The maximum atomic E-state index is 5.88. The predicted octanol–water partition coefficient (Wildman–Crippen LogP) is 2.97. The summed E-state index contributed by atoms with van der Waals surface area (Å²) in [5.41, 5.74) is 2.19. The first-order valence-corrected chi connectivity index (χ1v) is 9.35. The number of halogens is 1. The van der Waals surface area contributed by atoms with Crippen molar-refractivity contribution in [2.24, 2.45) is 4.99 Å². The highest BCUT2D eigenvalue weighted by molar-refractivity contribution is 14.0. The Hall–Kier alpha value is -2.04. The minimum atomic E-state index is 0. The van der Waals surface area contributed by atoms with Crippen LogP contribution in [0.1, 0.15) is 43.6 Å². The summed E-state index contributed by atoms with van der Waals surface area (Å²) in [6, 6.07) is 4.12. The number of nitrogens with one attached hydrogen (secondary N) is 2. The molecule has 1 aromatic heterocycles. The summed E-state index contributed by atoms with van der Waals surface area (Å²) in [4.78, 5) is 8.85. The number of fused-ring (bicyclic) bond motifs is 1. The van der Waals surface area contributed by atoms with Crippen molar-refractivity contribution in [3.63, 3.8) is 0 Å². The maximum Gasteiger partial charge on any atom is 0.223 e. The summed E-state index contributed by atoms with van der Waals surface area (Å²) in [5.74, 6) is 3.60. The van der Waals surface area contributed by atoms with E-state index in [4.69, 9.17) is 14.0 Å². The number of hydrogen-bond donors (Lipinski definition) is 2. The van der Waals surface area contributed by atoms with Crippen molar-refractivity contribution in [1.82, 2.24) is 20.8 Å². The molecule has 154 valence electrons. The highest BCUT2D eigenvalue weighted by atomic mass is 127. The van der Waals surface area contributed by atoms with E-state index in [0.717, 1.165) is 30.0 Å². The van der Waals surface area contributed by atoms with Gasteiger partial charge in [0.2, 0.25) is 5.89 Å². The number of rotatable bonds is 7. The molecular formula is C19H28IN5O3. The van der Waals surface area contributed by atoms with Gasteiger partial charge in [-0.25, -0.2) is 4.99 Å². The van der Waals surface area contributed by atoms with Crippen LogP contribution >= 0.6 is 24.0 Å². The molecule has 1 aromatic carbocycles. The Kier molecular flexibility index (Phi) is 8.34. The Morgan fingerprint density at radius 1 is 1.32 bits per heavy atom. The van der Waals surface area contributed by atoms with Crippen molar-refractivity contribution >= 4 is 29.9 Å². The minimum absolute atomic E-state index is 0. The number of guanidine groups is 1. The van der Waals surface area contributed by atoms with Gasteiger partial charge in [0.15, 0.2) is 11.8 Å². The smallest absolute Gasteiger partial charge is 0.223 e. The molecular weight excluding hydrogens is 473 g/mol. The first kappa shape index (κ1) is 22.3. The van der Waals surface area contributed by atoms with Gasteiger partial charge in [0.1, 0.15) is 17.6 Å². The quantitative estimate of drug-likeness (QED) is 0.342. The largest absolute Gasteiger partial charge is 0.494 e. The van der Waals surface area contributed by atoms with E-state index in [-0.39, 0.29) is 30.1 Å². The number of aromatic nitrogens is 2. The molecule has 1 aliphatic rings. The van der Waals surface area contributed by atoms with Crippen molar-refractivity contribution in [2.75, 3.05) is 13.2 Å². The predicted molar refractivity (Wildman–Crippen MR) is 118 cm³/mol. The molecule has 2 aromatic rings. The SMILES string of the molecule is CCNC(=NCc1cc2c(cc1OCC)CC(C)O2)NCc1noc(C)n1.I.